The Morgan fingerprint density at radius 2 is 0.566 bits per heavy atom. The summed E-state index contributed by atoms with van der Waals surface area (Å²) in [6.45, 7) is 0.0620. The zero-order valence-electron chi connectivity index (χ0n) is 57.1. The number of fused-ring (bicyclic) bond motifs is 7. The van der Waals surface area contributed by atoms with Crippen LogP contribution >= 0.6 is 0 Å². The summed E-state index contributed by atoms with van der Waals surface area (Å²) < 4.78 is 2.35. The number of rotatable bonds is 13. The lowest BCUT2D eigenvalue weighted by molar-refractivity contribution is 1.07. The number of para-hydroxylation sites is 4. The number of aromatic nitrogens is 9. The third-order valence-electron chi connectivity index (χ3n) is 20.3. The Balaban J connectivity index is 0.721. The van der Waals surface area contributed by atoms with Gasteiger partial charge >= 0.3 is 0 Å². The molecule has 0 spiro atoms. The van der Waals surface area contributed by atoms with Gasteiger partial charge in [0.05, 0.1) is 28.1 Å². The van der Waals surface area contributed by atoms with Gasteiger partial charge in [-0.15, -0.1) is 0 Å². The monoisotopic (exact) mass is 1350 g/mol. The fourth-order valence-electron chi connectivity index (χ4n) is 15.4. The van der Waals surface area contributed by atoms with Gasteiger partial charge in [0, 0.05) is 95.0 Å². The molecule has 2 aliphatic rings. The van der Waals surface area contributed by atoms with E-state index in [-0.39, 0.29) is 6.71 Å². The quantitative estimate of drug-likeness (QED) is 0.103. The van der Waals surface area contributed by atoms with E-state index in [1.807, 2.05) is 127 Å². The zero-order chi connectivity index (χ0) is 70.0. The lowest BCUT2D eigenvalue weighted by Gasteiger charge is -2.44. The number of anilines is 6. The molecular formula is C94H60BN11. The van der Waals surface area contributed by atoms with Gasteiger partial charge in [0.25, 0.3) is 6.71 Å². The second-order valence-corrected chi connectivity index (χ2v) is 26.6. The van der Waals surface area contributed by atoms with Crippen molar-refractivity contribution in [1.82, 2.24) is 44.4 Å². The molecule has 4 aromatic heterocycles. The highest BCUT2D eigenvalue weighted by Crippen LogP contribution is 2.46. The molecule has 0 N–H and O–H groups in total. The summed E-state index contributed by atoms with van der Waals surface area (Å²) in [7, 11) is 0. The van der Waals surface area contributed by atoms with Crippen LogP contribution in [0.2, 0.25) is 0 Å². The van der Waals surface area contributed by atoms with Crippen molar-refractivity contribution in [1.29, 1.82) is 0 Å². The number of nitrogens with zero attached hydrogens (tertiary/aromatic N) is 11. The summed E-state index contributed by atoms with van der Waals surface area (Å²) in [5, 5.41) is 2.08. The minimum Gasteiger partial charge on any atom is -0.311 e. The molecule has 18 aromatic rings. The fraction of sp³-hybridized carbons (Fsp3) is 0. The third kappa shape index (κ3) is 10.9. The van der Waals surface area contributed by atoms with Crippen LogP contribution in [0.5, 0.6) is 0 Å². The molecular weight excluding hydrogens is 1290 g/mol. The van der Waals surface area contributed by atoms with Gasteiger partial charge < -0.3 is 14.4 Å². The zero-order valence-corrected chi connectivity index (χ0v) is 57.1. The van der Waals surface area contributed by atoms with Crippen molar-refractivity contribution in [3.63, 3.8) is 0 Å². The van der Waals surface area contributed by atoms with Crippen LogP contribution in [-0.2, 0) is 0 Å². The first-order chi connectivity index (χ1) is 52.5. The van der Waals surface area contributed by atoms with Crippen LogP contribution in [0.1, 0.15) is 0 Å². The van der Waals surface area contributed by atoms with Crippen LogP contribution in [0.25, 0.3) is 141 Å². The first-order valence-electron chi connectivity index (χ1n) is 35.6. The van der Waals surface area contributed by atoms with Crippen LogP contribution in [-0.4, -0.2) is 51.2 Å². The van der Waals surface area contributed by atoms with Gasteiger partial charge in [0.2, 0.25) is 0 Å². The summed E-state index contributed by atoms with van der Waals surface area (Å²) in [5.41, 5.74) is 25.2. The minimum absolute atomic E-state index is 0.0620. The number of benzene rings is 14. The van der Waals surface area contributed by atoms with E-state index >= 15 is 0 Å². The van der Waals surface area contributed by atoms with Crippen LogP contribution in [0, 0.1) is 0 Å². The second kappa shape index (κ2) is 25.9. The van der Waals surface area contributed by atoms with Crippen molar-refractivity contribution in [2.75, 3.05) is 9.80 Å². The summed E-state index contributed by atoms with van der Waals surface area (Å²) in [5.74, 6) is 3.99. The van der Waals surface area contributed by atoms with Crippen LogP contribution in [0.3, 0.4) is 0 Å². The van der Waals surface area contributed by atoms with Gasteiger partial charge in [-0.05, 0) is 125 Å². The maximum absolute atomic E-state index is 5.67. The molecule has 0 saturated heterocycles. The molecule has 6 heterocycles. The summed E-state index contributed by atoms with van der Waals surface area (Å²) in [6.07, 6.45) is 0. The van der Waals surface area contributed by atoms with E-state index in [4.69, 9.17) is 39.9 Å². The van der Waals surface area contributed by atoms with E-state index in [2.05, 4.69) is 251 Å². The molecule has 0 bridgehead atoms. The number of hydrogen-bond donors (Lipinski definition) is 0. The van der Waals surface area contributed by atoms with Crippen molar-refractivity contribution in [2.45, 2.75) is 0 Å². The van der Waals surface area contributed by atoms with E-state index in [1.165, 1.54) is 39.1 Å². The molecule has 0 amide bonds. The second-order valence-electron chi connectivity index (χ2n) is 26.6. The average molecular weight is 1350 g/mol. The Morgan fingerprint density at radius 1 is 0.208 bits per heavy atom. The van der Waals surface area contributed by atoms with Gasteiger partial charge in [-0.25, -0.2) is 39.9 Å². The summed E-state index contributed by atoms with van der Waals surface area (Å²) >= 11 is 0. The molecule has 0 aliphatic carbocycles. The molecule has 0 fully saturated rings. The smallest absolute Gasteiger partial charge is 0.252 e. The molecule has 2 aliphatic heterocycles. The SMILES string of the molecule is c1ccc(-c2cc(-c3cc(-c4nc(-c5ccccc5)nc(-c5ccccc5)n4)ccc3-n3c4ccccc4c4cc(-c5nc(-c6ccccc6)nc(-c6ccccc6)n5)ccc43)nc(-c3ccc(-c4ccc(N5c6ccccc6B6c7ccccc7N(c7ccccc7)c7cccc5c76)cc4)cc3)n2)cc1. The molecule has 11 nitrogen and oxygen atoms in total. The third-order valence-corrected chi connectivity index (χ3v) is 20.3. The van der Waals surface area contributed by atoms with E-state index in [1.54, 1.807) is 0 Å². The standard InChI is InChI=1S/C94H60BN11/c1-7-26-63(27-8-1)78-60-79(97-88(96-78)68-48-46-61(47-49-68)62-50-54-72(55-51-62)105-84-43-24-21-40-77(84)95-76-39-20-23-42-83(76)104(71-36-17-6-18-37-71)85-44-25-45-86(105)87(85)95)75-59-70(94-102-91(66-32-13-4-14-33-66)99-92(103-94)67-34-15-5-16-35-67)53-57-82(75)106-80-41-22-19-38-73(80)74-58-69(52-56-81(74)106)93-100-89(64-28-9-2-10-29-64)98-90(101-93)65-30-11-3-12-31-65/h1-60H. The highest BCUT2D eigenvalue weighted by molar-refractivity contribution is 7.00. The molecule has 0 atom stereocenters. The van der Waals surface area contributed by atoms with Gasteiger partial charge in [0.15, 0.2) is 40.8 Å². The lowest BCUT2D eigenvalue weighted by atomic mass is 9.33. The van der Waals surface area contributed by atoms with Crippen molar-refractivity contribution in [3.05, 3.63) is 364 Å². The maximum atomic E-state index is 5.67. The number of hydrogen-bond acceptors (Lipinski definition) is 10. The first kappa shape index (κ1) is 61.5. The van der Waals surface area contributed by atoms with Crippen molar-refractivity contribution in [3.8, 4) is 119 Å². The van der Waals surface area contributed by atoms with Gasteiger partial charge in [0.1, 0.15) is 0 Å². The molecule has 494 valence electrons. The largest absolute Gasteiger partial charge is 0.311 e. The highest BCUT2D eigenvalue weighted by Gasteiger charge is 2.43. The van der Waals surface area contributed by atoms with E-state index in [9.17, 15) is 0 Å². The Labute approximate surface area is 612 Å². The predicted octanol–water partition coefficient (Wildman–Crippen LogP) is 20.7. The minimum atomic E-state index is 0.0620. The molecule has 0 radical (unpaired) electrons. The summed E-state index contributed by atoms with van der Waals surface area (Å²) in [4.78, 5) is 47.0. The Kier molecular flexibility index (Phi) is 15.0. The fourth-order valence-corrected chi connectivity index (χ4v) is 15.4. The maximum Gasteiger partial charge on any atom is 0.252 e. The lowest BCUT2D eigenvalue weighted by Crippen LogP contribution is -2.61. The van der Waals surface area contributed by atoms with E-state index < -0.39 is 0 Å². The topological polar surface area (TPSA) is 115 Å². The molecule has 0 saturated carbocycles. The predicted molar refractivity (Wildman–Crippen MR) is 432 cm³/mol. The molecule has 0 unspecified atom stereocenters. The first-order valence-corrected chi connectivity index (χ1v) is 35.6. The van der Waals surface area contributed by atoms with Gasteiger partial charge in [-0.1, -0.05) is 267 Å². The van der Waals surface area contributed by atoms with Crippen LogP contribution in [0.4, 0.5) is 34.1 Å². The van der Waals surface area contributed by atoms with Crippen LogP contribution in [0.15, 0.2) is 364 Å². The van der Waals surface area contributed by atoms with Crippen LogP contribution < -0.4 is 26.2 Å². The normalized spacial score (nSPS) is 12.1. The average Bonchev–Trinajstić information content (AvgIpc) is 0.870. The van der Waals surface area contributed by atoms with Gasteiger partial charge in [-0.3, -0.25) is 0 Å². The van der Waals surface area contributed by atoms with Crippen molar-refractivity contribution < 1.29 is 0 Å². The highest BCUT2D eigenvalue weighted by atomic mass is 15.2. The van der Waals surface area contributed by atoms with Crippen molar-refractivity contribution >= 4 is 79.0 Å². The summed E-state index contributed by atoms with van der Waals surface area (Å²) in [6, 6.07) is 127. The molecule has 20 rings (SSSR count). The van der Waals surface area contributed by atoms with E-state index in [0.717, 1.165) is 106 Å². The molecule has 12 heteroatoms. The Morgan fingerprint density at radius 3 is 1.09 bits per heavy atom. The molecule has 106 heavy (non-hydrogen) atoms. The Bertz CT molecular complexity index is 6270. The Hall–Kier alpha value is -14.4. The molecule has 14 aromatic carbocycles. The van der Waals surface area contributed by atoms with E-state index in [0.29, 0.717) is 46.5 Å². The van der Waals surface area contributed by atoms with Gasteiger partial charge in [-0.2, -0.15) is 0 Å². The van der Waals surface area contributed by atoms with Crippen molar-refractivity contribution in [2.24, 2.45) is 0 Å².